The predicted octanol–water partition coefficient (Wildman–Crippen LogP) is 4.20. The van der Waals surface area contributed by atoms with Gasteiger partial charge in [0.05, 0.1) is 11.0 Å². The predicted molar refractivity (Wildman–Crippen MR) is 137 cm³/mol. The maximum atomic E-state index is 13.5. The second-order valence-corrected chi connectivity index (χ2v) is 9.34. The Morgan fingerprint density at radius 2 is 1.89 bits per heavy atom. The number of aromatic amines is 2. The maximum absolute atomic E-state index is 13.5. The summed E-state index contributed by atoms with van der Waals surface area (Å²) in [6.07, 6.45) is 3.46. The Balaban J connectivity index is 0.000000806. The number of aryl methyl sites for hydroxylation is 2. The van der Waals surface area contributed by atoms with Crippen molar-refractivity contribution >= 4 is 34.3 Å². The number of rotatable bonds is 4. The van der Waals surface area contributed by atoms with Gasteiger partial charge in [0.2, 0.25) is 0 Å². The van der Waals surface area contributed by atoms with Crippen LogP contribution in [-0.2, 0) is 11.2 Å². The van der Waals surface area contributed by atoms with Gasteiger partial charge < -0.3 is 20.0 Å². The molecule has 0 bridgehead atoms. The zero-order valence-electron chi connectivity index (χ0n) is 20.2. The molecule has 8 heteroatoms. The number of amides is 1. The van der Waals surface area contributed by atoms with Crippen molar-refractivity contribution in [2.45, 2.75) is 39.2 Å². The fraction of sp³-hybridized carbons (Fsp3) is 0.370. The van der Waals surface area contributed by atoms with Crippen molar-refractivity contribution in [1.29, 1.82) is 0 Å². The fourth-order valence-electron chi connectivity index (χ4n) is 5.03. The SMILES string of the molecule is CCc1nc2c(-c3cc4cccc(C)c4[nH]3)cc(C(=O)N3CCN(C4CC4)CC3)cc2[nH]1.O=CO. The Bertz CT molecular complexity index is 1380. The normalized spacial score (nSPS) is 16.3. The monoisotopic (exact) mass is 473 g/mol. The van der Waals surface area contributed by atoms with Crippen LogP contribution >= 0.6 is 0 Å². The van der Waals surface area contributed by atoms with Crippen LogP contribution in [-0.4, -0.2) is 74.5 Å². The number of benzene rings is 2. The first-order valence-electron chi connectivity index (χ1n) is 12.2. The van der Waals surface area contributed by atoms with E-state index in [2.05, 4.69) is 53.0 Å². The smallest absolute Gasteiger partial charge is 0.290 e. The molecule has 1 amide bonds. The highest BCUT2D eigenvalue weighted by Crippen LogP contribution is 2.33. The molecule has 3 N–H and O–H groups in total. The van der Waals surface area contributed by atoms with Crippen LogP contribution in [0.4, 0.5) is 0 Å². The van der Waals surface area contributed by atoms with Gasteiger partial charge in [-0.15, -0.1) is 0 Å². The molecule has 1 saturated heterocycles. The minimum absolute atomic E-state index is 0.114. The van der Waals surface area contributed by atoms with E-state index in [1.54, 1.807) is 0 Å². The van der Waals surface area contributed by atoms with Crippen LogP contribution in [0.25, 0.3) is 33.2 Å². The van der Waals surface area contributed by atoms with Crippen molar-refractivity contribution in [3.8, 4) is 11.3 Å². The number of H-pyrrole nitrogens is 2. The molecule has 2 aliphatic rings. The highest BCUT2D eigenvalue weighted by atomic mass is 16.3. The van der Waals surface area contributed by atoms with Crippen molar-refractivity contribution in [1.82, 2.24) is 24.8 Å². The van der Waals surface area contributed by atoms with E-state index >= 15 is 0 Å². The first-order valence-corrected chi connectivity index (χ1v) is 12.2. The van der Waals surface area contributed by atoms with Crippen LogP contribution in [0.3, 0.4) is 0 Å². The molecule has 0 spiro atoms. The number of hydrogen-bond acceptors (Lipinski definition) is 4. The zero-order valence-corrected chi connectivity index (χ0v) is 20.2. The maximum Gasteiger partial charge on any atom is 0.290 e. The molecule has 3 heterocycles. The summed E-state index contributed by atoms with van der Waals surface area (Å²) < 4.78 is 0. The van der Waals surface area contributed by atoms with Gasteiger partial charge in [0.25, 0.3) is 12.4 Å². The van der Waals surface area contributed by atoms with Gasteiger partial charge in [-0.1, -0.05) is 25.1 Å². The van der Waals surface area contributed by atoms with Gasteiger partial charge in [-0.3, -0.25) is 14.5 Å². The van der Waals surface area contributed by atoms with Crippen LogP contribution in [0.2, 0.25) is 0 Å². The lowest BCUT2D eigenvalue weighted by Gasteiger charge is -2.34. The molecule has 8 nitrogen and oxygen atoms in total. The van der Waals surface area contributed by atoms with Gasteiger partial charge in [0.1, 0.15) is 5.82 Å². The molecular formula is C27H31N5O3. The molecule has 0 radical (unpaired) electrons. The van der Waals surface area contributed by atoms with E-state index in [4.69, 9.17) is 14.9 Å². The number of piperazine rings is 1. The second-order valence-electron chi connectivity index (χ2n) is 9.34. The van der Waals surface area contributed by atoms with E-state index < -0.39 is 0 Å². The first-order chi connectivity index (χ1) is 17.0. The molecule has 0 atom stereocenters. The minimum Gasteiger partial charge on any atom is -0.483 e. The van der Waals surface area contributed by atoms with Gasteiger partial charge in [0, 0.05) is 66.4 Å². The van der Waals surface area contributed by atoms with E-state index in [1.807, 2.05) is 17.0 Å². The summed E-state index contributed by atoms with van der Waals surface area (Å²) in [5, 5.41) is 8.06. The van der Waals surface area contributed by atoms with E-state index in [0.29, 0.717) is 0 Å². The number of para-hydroxylation sites is 1. The van der Waals surface area contributed by atoms with Crippen LogP contribution < -0.4 is 0 Å². The van der Waals surface area contributed by atoms with Crippen molar-refractivity contribution in [2.24, 2.45) is 0 Å². The van der Waals surface area contributed by atoms with Crippen LogP contribution in [0.5, 0.6) is 0 Å². The summed E-state index contributed by atoms with van der Waals surface area (Å²) in [4.78, 5) is 38.2. The van der Waals surface area contributed by atoms with Crippen molar-refractivity contribution in [2.75, 3.05) is 26.2 Å². The average Bonchev–Trinajstić information content (AvgIpc) is 3.48. The number of imidazole rings is 1. The molecule has 2 fully saturated rings. The fourth-order valence-corrected chi connectivity index (χ4v) is 5.03. The molecule has 182 valence electrons. The number of hydrogen-bond donors (Lipinski definition) is 3. The van der Waals surface area contributed by atoms with Gasteiger partial charge in [-0.2, -0.15) is 0 Å². The molecule has 1 aliphatic heterocycles. The lowest BCUT2D eigenvalue weighted by molar-refractivity contribution is -0.122. The Labute approximate surface area is 204 Å². The summed E-state index contributed by atoms with van der Waals surface area (Å²) in [5.41, 5.74) is 6.90. The molecule has 35 heavy (non-hydrogen) atoms. The Morgan fingerprint density at radius 3 is 2.54 bits per heavy atom. The lowest BCUT2D eigenvalue weighted by atomic mass is 10.0. The molecule has 6 rings (SSSR count). The third-order valence-electron chi connectivity index (χ3n) is 7.04. The van der Waals surface area contributed by atoms with Crippen LogP contribution in [0.1, 0.15) is 41.5 Å². The molecular weight excluding hydrogens is 442 g/mol. The molecule has 2 aromatic heterocycles. The Morgan fingerprint density at radius 1 is 1.14 bits per heavy atom. The Hall–Kier alpha value is -3.65. The molecule has 4 aromatic rings. The summed E-state index contributed by atoms with van der Waals surface area (Å²) in [6.45, 7) is 7.53. The van der Waals surface area contributed by atoms with Gasteiger partial charge in [-0.05, 0) is 43.5 Å². The van der Waals surface area contributed by atoms with E-state index in [0.717, 1.165) is 77.8 Å². The topological polar surface area (TPSA) is 105 Å². The number of nitrogens with zero attached hydrogens (tertiary/aromatic N) is 3. The third-order valence-corrected chi connectivity index (χ3v) is 7.04. The summed E-state index contributed by atoms with van der Waals surface area (Å²) in [6, 6.07) is 13.2. The van der Waals surface area contributed by atoms with Gasteiger partial charge in [0.15, 0.2) is 0 Å². The van der Waals surface area contributed by atoms with Crippen LogP contribution in [0, 0.1) is 6.92 Å². The number of nitrogens with one attached hydrogen (secondary N) is 2. The quantitative estimate of drug-likeness (QED) is 0.385. The Kier molecular flexibility index (Phi) is 6.30. The number of carbonyl (C=O) groups is 2. The van der Waals surface area contributed by atoms with Gasteiger partial charge >= 0.3 is 0 Å². The van der Waals surface area contributed by atoms with E-state index in [-0.39, 0.29) is 12.4 Å². The number of carbonyl (C=O) groups excluding carboxylic acids is 1. The second kappa shape index (κ2) is 9.54. The highest BCUT2D eigenvalue weighted by Gasteiger charge is 2.32. The summed E-state index contributed by atoms with van der Waals surface area (Å²) in [7, 11) is 0. The number of aromatic nitrogens is 3. The first kappa shape index (κ1) is 23.1. The van der Waals surface area contributed by atoms with Crippen molar-refractivity contribution < 1.29 is 14.7 Å². The zero-order chi connectivity index (χ0) is 24.5. The molecule has 0 unspecified atom stereocenters. The van der Waals surface area contributed by atoms with Crippen molar-refractivity contribution in [3.63, 3.8) is 0 Å². The lowest BCUT2D eigenvalue weighted by Crippen LogP contribution is -2.49. The number of fused-ring (bicyclic) bond motifs is 2. The van der Waals surface area contributed by atoms with Crippen molar-refractivity contribution in [3.05, 3.63) is 53.3 Å². The third kappa shape index (κ3) is 4.53. The van der Waals surface area contributed by atoms with E-state index in [1.165, 1.54) is 23.8 Å². The largest absolute Gasteiger partial charge is 0.483 e. The summed E-state index contributed by atoms with van der Waals surface area (Å²) in [5.74, 6) is 1.06. The standard InChI is InChI=1S/C26H29N5O.CH2O2/c1-3-23-27-22-15-18(26(32)31-11-9-30(10-12-31)19-7-8-19)13-20(25(22)29-23)21-14-17-6-4-5-16(2)24(17)28-21;2-1-3/h4-6,13-15,19,28H,3,7-12H2,1-2H3,(H,27,29);1H,(H,2,3). The molecule has 1 saturated carbocycles. The van der Waals surface area contributed by atoms with Gasteiger partial charge in [-0.25, -0.2) is 4.98 Å². The van der Waals surface area contributed by atoms with E-state index in [9.17, 15) is 4.79 Å². The minimum atomic E-state index is -0.250. The average molecular weight is 474 g/mol. The van der Waals surface area contributed by atoms with Crippen LogP contribution in [0.15, 0.2) is 36.4 Å². The number of carboxylic acid groups (broad SMARTS) is 1. The highest BCUT2D eigenvalue weighted by molar-refractivity contribution is 6.03. The molecule has 2 aromatic carbocycles. The summed E-state index contributed by atoms with van der Waals surface area (Å²) >= 11 is 0. The molecule has 1 aliphatic carbocycles.